The maximum Gasteiger partial charge on any atom is 0.227 e. The van der Waals surface area contributed by atoms with Gasteiger partial charge < -0.3 is 10.0 Å². The van der Waals surface area contributed by atoms with E-state index < -0.39 is 0 Å². The third-order valence-corrected chi connectivity index (χ3v) is 6.19. The number of phenolic OH excluding ortho intramolecular Hbond substituents is 1. The van der Waals surface area contributed by atoms with E-state index >= 15 is 0 Å². The quantitative estimate of drug-likeness (QED) is 0.924. The zero-order valence-corrected chi connectivity index (χ0v) is 14.4. The van der Waals surface area contributed by atoms with Gasteiger partial charge in [-0.15, -0.1) is 0 Å². The summed E-state index contributed by atoms with van der Waals surface area (Å²) in [6, 6.07) is 7.59. The number of benzene rings is 1. The zero-order chi connectivity index (χ0) is 16.5. The van der Waals surface area contributed by atoms with E-state index in [0.717, 1.165) is 24.6 Å². The first-order chi connectivity index (χ1) is 11.7. The molecule has 3 aliphatic heterocycles. The number of rotatable bonds is 4. The molecule has 1 aliphatic carbocycles. The first-order valence-electron chi connectivity index (χ1n) is 9.47. The van der Waals surface area contributed by atoms with Crippen molar-refractivity contribution in [2.24, 2.45) is 11.8 Å². The van der Waals surface area contributed by atoms with Crippen molar-refractivity contribution in [1.29, 1.82) is 0 Å². The van der Waals surface area contributed by atoms with Crippen LogP contribution in [0.4, 0.5) is 0 Å². The molecule has 4 nitrogen and oxygen atoms in total. The first-order valence-corrected chi connectivity index (χ1v) is 9.47. The Morgan fingerprint density at radius 3 is 2.54 bits per heavy atom. The lowest BCUT2D eigenvalue weighted by atomic mass is 9.83. The Labute approximate surface area is 144 Å². The Kier molecular flexibility index (Phi) is 4.49. The lowest BCUT2D eigenvalue weighted by Gasteiger charge is -2.40. The van der Waals surface area contributed by atoms with E-state index in [1.165, 1.54) is 45.2 Å². The van der Waals surface area contributed by atoms with Crippen molar-refractivity contribution >= 4 is 5.91 Å². The lowest BCUT2D eigenvalue weighted by molar-refractivity contribution is -0.130. The summed E-state index contributed by atoms with van der Waals surface area (Å²) in [5, 5.41) is 9.38. The monoisotopic (exact) mass is 328 g/mol. The van der Waals surface area contributed by atoms with Gasteiger partial charge in [0.1, 0.15) is 5.75 Å². The summed E-state index contributed by atoms with van der Waals surface area (Å²) >= 11 is 0. The molecule has 1 aromatic carbocycles. The fraction of sp³-hybridized carbons (Fsp3) is 0.650. The molecule has 3 heterocycles. The second-order valence-electron chi connectivity index (χ2n) is 7.99. The molecule has 3 saturated heterocycles. The number of nitrogens with zero attached hydrogens (tertiary/aromatic N) is 2. The molecule has 4 aliphatic rings. The number of piperidine rings is 1. The van der Waals surface area contributed by atoms with E-state index in [4.69, 9.17) is 0 Å². The SMILES string of the molecule is O=C(Cc1ccc(O)cc1)N1C[C@H]2CC[C@@H](C1)N(CC1CCC1)C2. The van der Waals surface area contributed by atoms with Crippen molar-refractivity contribution in [3.05, 3.63) is 29.8 Å². The average molecular weight is 328 g/mol. The van der Waals surface area contributed by atoms with Crippen LogP contribution in [0.2, 0.25) is 0 Å². The van der Waals surface area contributed by atoms with E-state index in [0.29, 0.717) is 18.4 Å². The molecule has 0 spiro atoms. The Balaban J connectivity index is 1.39. The fourth-order valence-electron chi connectivity index (χ4n) is 4.51. The molecular formula is C20H28N2O2. The number of hydrogen-bond donors (Lipinski definition) is 1. The minimum absolute atomic E-state index is 0.239. The highest BCUT2D eigenvalue weighted by Crippen LogP contribution is 2.33. The minimum Gasteiger partial charge on any atom is -0.508 e. The van der Waals surface area contributed by atoms with E-state index in [2.05, 4.69) is 9.80 Å². The van der Waals surface area contributed by atoms with Gasteiger partial charge in [0.05, 0.1) is 6.42 Å². The van der Waals surface area contributed by atoms with Crippen LogP contribution in [0.5, 0.6) is 5.75 Å². The van der Waals surface area contributed by atoms with Crippen LogP contribution < -0.4 is 0 Å². The van der Waals surface area contributed by atoms with Crippen LogP contribution in [-0.2, 0) is 11.2 Å². The molecule has 2 atom stereocenters. The number of carbonyl (C=O) groups excluding carboxylic acids is 1. The van der Waals surface area contributed by atoms with Crippen molar-refractivity contribution in [2.45, 2.75) is 44.6 Å². The van der Waals surface area contributed by atoms with Crippen LogP contribution >= 0.6 is 0 Å². The van der Waals surface area contributed by atoms with E-state index in [1.807, 2.05) is 12.1 Å². The third kappa shape index (κ3) is 3.44. The van der Waals surface area contributed by atoms with Crippen LogP contribution in [0, 0.1) is 11.8 Å². The first kappa shape index (κ1) is 15.9. The minimum atomic E-state index is 0.239. The summed E-state index contributed by atoms with van der Waals surface area (Å²) in [6.07, 6.45) is 7.18. The van der Waals surface area contributed by atoms with Gasteiger partial charge >= 0.3 is 0 Å². The van der Waals surface area contributed by atoms with Gasteiger partial charge in [0, 0.05) is 32.2 Å². The van der Waals surface area contributed by atoms with Gasteiger partial charge in [-0.05, 0) is 55.2 Å². The molecule has 2 bridgehead atoms. The largest absolute Gasteiger partial charge is 0.508 e. The third-order valence-electron chi connectivity index (χ3n) is 6.19. The topological polar surface area (TPSA) is 43.8 Å². The summed E-state index contributed by atoms with van der Waals surface area (Å²) < 4.78 is 0. The summed E-state index contributed by atoms with van der Waals surface area (Å²) in [4.78, 5) is 17.6. The molecule has 0 unspecified atom stereocenters. The number of carbonyl (C=O) groups is 1. The van der Waals surface area contributed by atoms with Crippen LogP contribution in [0.1, 0.15) is 37.7 Å². The van der Waals surface area contributed by atoms with Crippen LogP contribution in [-0.4, -0.2) is 53.0 Å². The Morgan fingerprint density at radius 2 is 1.83 bits per heavy atom. The number of aromatic hydroxyl groups is 1. The molecule has 1 aromatic rings. The maximum absolute atomic E-state index is 12.8. The molecule has 1 saturated carbocycles. The van der Waals surface area contributed by atoms with Gasteiger partial charge in [0.15, 0.2) is 0 Å². The standard InChI is InChI=1S/C20H28N2O2/c23-19-8-5-15(6-9-19)10-20(24)22-13-17-4-7-18(14-22)21(12-17)11-16-2-1-3-16/h5-6,8-9,16-18,23H,1-4,7,10-14H2/t17-,18-/m0/s1. The Bertz CT molecular complexity index is 582. The summed E-state index contributed by atoms with van der Waals surface area (Å²) in [7, 11) is 0. The summed E-state index contributed by atoms with van der Waals surface area (Å²) in [6.45, 7) is 4.26. The molecule has 4 heteroatoms. The van der Waals surface area contributed by atoms with Crippen molar-refractivity contribution in [3.8, 4) is 5.75 Å². The molecule has 1 amide bonds. The van der Waals surface area contributed by atoms with Gasteiger partial charge in [-0.25, -0.2) is 0 Å². The van der Waals surface area contributed by atoms with Crippen LogP contribution in [0.3, 0.4) is 0 Å². The van der Waals surface area contributed by atoms with Gasteiger partial charge in [-0.3, -0.25) is 9.69 Å². The van der Waals surface area contributed by atoms with Crippen molar-refractivity contribution < 1.29 is 9.90 Å². The van der Waals surface area contributed by atoms with E-state index in [1.54, 1.807) is 12.1 Å². The van der Waals surface area contributed by atoms with Gasteiger partial charge in [-0.2, -0.15) is 0 Å². The molecular weight excluding hydrogens is 300 g/mol. The second-order valence-corrected chi connectivity index (χ2v) is 7.99. The average Bonchev–Trinajstić information content (AvgIpc) is 2.85. The zero-order valence-electron chi connectivity index (χ0n) is 14.4. The maximum atomic E-state index is 12.8. The van der Waals surface area contributed by atoms with E-state index in [9.17, 15) is 9.90 Å². The highest BCUT2D eigenvalue weighted by atomic mass is 16.3. The molecule has 0 aromatic heterocycles. The predicted octanol–water partition coefficient (Wildman–Crippen LogP) is 2.66. The van der Waals surface area contributed by atoms with Crippen LogP contribution in [0.15, 0.2) is 24.3 Å². The highest BCUT2D eigenvalue weighted by molar-refractivity contribution is 5.79. The predicted molar refractivity (Wildman–Crippen MR) is 93.8 cm³/mol. The smallest absolute Gasteiger partial charge is 0.227 e. The van der Waals surface area contributed by atoms with Crippen molar-refractivity contribution in [2.75, 3.05) is 26.2 Å². The summed E-state index contributed by atoms with van der Waals surface area (Å²) in [5.41, 5.74) is 0.987. The molecule has 0 radical (unpaired) electrons. The lowest BCUT2D eigenvalue weighted by Crippen LogP contribution is -2.47. The van der Waals surface area contributed by atoms with Gasteiger partial charge in [-0.1, -0.05) is 18.6 Å². The molecule has 130 valence electrons. The summed E-state index contributed by atoms with van der Waals surface area (Å²) in [5.74, 6) is 2.05. The second kappa shape index (κ2) is 6.75. The number of hydrogen-bond acceptors (Lipinski definition) is 3. The van der Waals surface area contributed by atoms with Gasteiger partial charge in [0.25, 0.3) is 0 Å². The van der Waals surface area contributed by atoms with Crippen molar-refractivity contribution in [3.63, 3.8) is 0 Å². The number of fused-ring (bicyclic) bond motifs is 4. The molecule has 5 rings (SSSR count). The van der Waals surface area contributed by atoms with E-state index in [-0.39, 0.29) is 11.7 Å². The molecule has 1 N–H and O–H groups in total. The molecule has 4 fully saturated rings. The Morgan fingerprint density at radius 1 is 1.04 bits per heavy atom. The fourth-order valence-corrected chi connectivity index (χ4v) is 4.51. The van der Waals surface area contributed by atoms with Crippen molar-refractivity contribution in [1.82, 2.24) is 9.80 Å². The van der Waals surface area contributed by atoms with Crippen LogP contribution in [0.25, 0.3) is 0 Å². The number of phenols is 1. The normalized spacial score (nSPS) is 27.8. The van der Waals surface area contributed by atoms with Gasteiger partial charge in [0.2, 0.25) is 5.91 Å². The molecule has 24 heavy (non-hydrogen) atoms. The number of amides is 1. The highest BCUT2D eigenvalue weighted by Gasteiger charge is 2.37. The Hall–Kier alpha value is -1.55.